The van der Waals surface area contributed by atoms with Crippen molar-refractivity contribution in [3.05, 3.63) is 86.6 Å². The van der Waals surface area contributed by atoms with Crippen LogP contribution in [-0.2, 0) is 27.7 Å². The zero-order valence-corrected chi connectivity index (χ0v) is 17.4. The first-order valence-electron chi connectivity index (χ1n) is 9.64. The molecule has 2 heterocycles. The fraction of sp³-hybridized carbons (Fsp3) is 0.182. The predicted octanol–water partition coefficient (Wildman–Crippen LogP) is 2.00. The van der Waals surface area contributed by atoms with E-state index in [1.54, 1.807) is 24.9 Å². The van der Waals surface area contributed by atoms with Crippen LogP contribution < -0.4 is 21.4 Å². The number of anilines is 1. The monoisotopic (exact) mass is 418 g/mol. The number of benzene rings is 2. The van der Waals surface area contributed by atoms with Crippen LogP contribution in [0.15, 0.2) is 69.3 Å². The smallest absolute Gasteiger partial charge is 0.332 e. The van der Waals surface area contributed by atoms with E-state index in [1.165, 1.54) is 11.6 Å². The first kappa shape index (κ1) is 20.1. The number of aryl methyl sites for hydroxylation is 2. The summed E-state index contributed by atoms with van der Waals surface area (Å²) in [6.07, 6.45) is 1.64. The maximum atomic E-state index is 12.4. The van der Waals surface area contributed by atoms with Gasteiger partial charge >= 0.3 is 5.69 Å². The Labute approximate surface area is 177 Å². The van der Waals surface area contributed by atoms with Crippen LogP contribution in [0.4, 0.5) is 5.95 Å². The molecule has 0 aliphatic rings. The van der Waals surface area contributed by atoms with Gasteiger partial charge in [0.2, 0.25) is 5.95 Å². The maximum absolute atomic E-state index is 12.4. The first-order chi connectivity index (χ1) is 15.0. The zero-order valence-electron chi connectivity index (χ0n) is 17.4. The number of hydrogen-bond acceptors (Lipinski definition) is 6. The van der Waals surface area contributed by atoms with Crippen LogP contribution >= 0.6 is 0 Å². The van der Waals surface area contributed by atoms with Gasteiger partial charge in [0.15, 0.2) is 11.2 Å². The molecule has 4 aromatic rings. The second-order valence-corrected chi connectivity index (χ2v) is 7.09. The number of fused-ring (bicyclic) bond motifs is 1. The van der Waals surface area contributed by atoms with Crippen molar-refractivity contribution in [2.45, 2.75) is 6.61 Å². The van der Waals surface area contributed by atoms with E-state index < -0.39 is 11.2 Å². The summed E-state index contributed by atoms with van der Waals surface area (Å²) in [6, 6.07) is 17.5. The lowest BCUT2D eigenvalue weighted by Crippen LogP contribution is -2.37. The van der Waals surface area contributed by atoms with Crippen molar-refractivity contribution in [2.75, 3.05) is 5.43 Å². The van der Waals surface area contributed by atoms with Crippen molar-refractivity contribution >= 4 is 23.3 Å². The highest BCUT2D eigenvalue weighted by Gasteiger charge is 2.16. The zero-order chi connectivity index (χ0) is 22.0. The molecule has 1 N–H and O–H groups in total. The van der Waals surface area contributed by atoms with Gasteiger partial charge in [0.25, 0.3) is 5.56 Å². The van der Waals surface area contributed by atoms with Gasteiger partial charge in [0.1, 0.15) is 12.4 Å². The largest absolute Gasteiger partial charge is 0.489 e. The molecule has 0 unspecified atom stereocenters. The second kappa shape index (κ2) is 8.31. The summed E-state index contributed by atoms with van der Waals surface area (Å²) in [5.74, 6) is 1.12. The lowest BCUT2D eigenvalue weighted by Gasteiger charge is -2.06. The van der Waals surface area contributed by atoms with Crippen LogP contribution in [-0.4, -0.2) is 24.9 Å². The molecule has 2 aromatic carbocycles. The molecule has 0 saturated heterocycles. The maximum Gasteiger partial charge on any atom is 0.332 e. The molecule has 9 heteroatoms. The number of nitrogens with one attached hydrogen (secondary N) is 1. The number of hydrogen-bond donors (Lipinski definition) is 1. The lowest BCUT2D eigenvalue weighted by atomic mass is 10.2. The van der Waals surface area contributed by atoms with Crippen molar-refractivity contribution in [3.63, 3.8) is 0 Å². The highest BCUT2D eigenvalue weighted by molar-refractivity contribution is 5.80. The van der Waals surface area contributed by atoms with Gasteiger partial charge in [-0.25, -0.2) is 10.2 Å². The molecule has 31 heavy (non-hydrogen) atoms. The molecule has 0 aliphatic heterocycles. The summed E-state index contributed by atoms with van der Waals surface area (Å²) in [5, 5.41) is 4.20. The Kier molecular flexibility index (Phi) is 5.40. The molecule has 158 valence electrons. The van der Waals surface area contributed by atoms with Crippen molar-refractivity contribution < 1.29 is 4.74 Å². The van der Waals surface area contributed by atoms with Gasteiger partial charge in [-0.3, -0.25) is 13.9 Å². The third kappa shape index (κ3) is 3.97. The molecular weight excluding hydrogens is 396 g/mol. The molecule has 0 amide bonds. The van der Waals surface area contributed by atoms with E-state index in [2.05, 4.69) is 15.5 Å². The summed E-state index contributed by atoms with van der Waals surface area (Å²) >= 11 is 0. The summed E-state index contributed by atoms with van der Waals surface area (Å²) in [6.45, 7) is 0.504. The number of hydrazone groups is 1. The summed E-state index contributed by atoms with van der Waals surface area (Å²) < 4.78 is 9.74. The van der Waals surface area contributed by atoms with Crippen LogP contribution in [0.5, 0.6) is 5.75 Å². The Balaban J connectivity index is 1.46. The highest BCUT2D eigenvalue weighted by atomic mass is 16.5. The molecule has 2 aromatic heterocycles. The van der Waals surface area contributed by atoms with Crippen LogP contribution in [0, 0.1) is 0 Å². The summed E-state index contributed by atoms with van der Waals surface area (Å²) in [4.78, 5) is 28.9. The van der Waals surface area contributed by atoms with Crippen molar-refractivity contribution in [1.29, 1.82) is 0 Å². The minimum Gasteiger partial charge on any atom is -0.489 e. The lowest BCUT2D eigenvalue weighted by molar-refractivity contribution is 0.306. The molecule has 0 spiro atoms. The fourth-order valence-electron chi connectivity index (χ4n) is 3.17. The molecule has 0 radical (unpaired) electrons. The van der Waals surface area contributed by atoms with Gasteiger partial charge in [-0.05, 0) is 35.4 Å². The number of ether oxygens (including phenoxy) is 1. The predicted molar refractivity (Wildman–Crippen MR) is 120 cm³/mol. The Morgan fingerprint density at radius 3 is 2.39 bits per heavy atom. The Bertz CT molecular complexity index is 1370. The van der Waals surface area contributed by atoms with E-state index in [0.717, 1.165) is 21.4 Å². The highest BCUT2D eigenvalue weighted by Crippen LogP contribution is 2.15. The molecular formula is C22H22N6O3. The van der Waals surface area contributed by atoms with Crippen LogP contribution in [0.2, 0.25) is 0 Å². The molecule has 9 nitrogen and oxygen atoms in total. The van der Waals surface area contributed by atoms with Crippen LogP contribution in [0.25, 0.3) is 11.2 Å². The Morgan fingerprint density at radius 2 is 1.68 bits per heavy atom. The number of rotatable bonds is 6. The molecule has 0 aliphatic carbocycles. The molecule has 0 fully saturated rings. The van der Waals surface area contributed by atoms with E-state index in [0.29, 0.717) is 23.7 Å². The van der Waals surface area contributed by atoms with E-state index >= 15 is 0 Å². The molecule has 4 rings (SSSR count). The van der Waals surface area contributed by atoms with E-state index in [-0.39, 0.29) is 0 Å². The average Bonchev–Trinajstić information content (AvgIpc) is 3.13. The normalized spacial score (nSPS) is 11.3. The number of aromatic nitrogens is 4. The van der Waals surface area contributed by atoms with E-state index in [1.807, 2.05) is 54.6 Å². The minimum absolute atomic E-state index is 0.299. The minimum atomic E-state index is -0.430. The molecule has 0 saturated carbocycles. The van der Waals surface area contributed by atoms with Gasteiger partial charge in [-0.2, -0.15) is 10.1 Å². The van der Waals surface area contributed by atoms with Crippen molar-refractivity contribution in [3.8, 4) is 5.75 Å². The summed E-state index contributed by atoms with van der Waals surface area (Å²) in [5.41, 5.74) is 4.58. The molecule has 0 atom stereocenters. The van der Waals surface area contributed by atoms with Gasteiger partial charge in [-0.15, -0.1) is 0 Å². The third-order valence-electron chi connectivity index (χ3n) is 4.98. The van der Waals surface area contributed by atoms with Crippen LogP contribution in [0.3, 0.4) is 0 Å². The number of nitrogens with zero attached hydrogens (tertiary/aromatic N) is 5. The third-order valence-corrected chi connectivity index (χ3v) is 4.98. The fourth-order valence-corrected chi connectivity index (χ4v) is 3.17. The summed E-state index contributed by atoms with van der Waals surface area (Å²) in [7, 11) is 4.71. The Hall–Kier alpha value is -4.14. The quantitative estimate of drug-likeness (QED) is 0.382. The van der Waals surface area contributed by atoms with Gasteiger partial charge < -0.3 is 9.30 Å². The topological polar surface area (TPSA) is 95.4 Å². The van der Waals surface area contributed by atoms with Crippen molar-refractivity contribution in [2.24, 2.45) is 26.2 Å². The van der Waals surface area contributed by atoms with Gasteiger partial charge in [0.05, 0.1) is 6.21 Å². The van der Waals surface area contributed by atoms with Gasteiger partial charge in [-0.1, -0.05) is 30.3 Å². The van der Waals surface area contributed by atoms with Crippen molar-refractivity contribution in [1.82, 2.24) is 18.7 Å². The second-order valence-electron chi connectivity index (χ2n) is 7.09. The van der Waals surface area contributed by atoms with E-state index in [9.17, 15) is 9.59 Å². The Morgan fingerprint density at radius 1 is 0.968 bits per heavy atom. The average molecular weight is 418 g/mol. The standard InChI is InChI=1S/C22H22N6O3/c1-26-18-19(27(2)22(30)28(3)20(18)29)24-21(26)25-23-13-15-9-11-17(12-10-15)31-14-16-7-5-4-6-8-16/h4-13H,14H2,1-3H3,(H,24,25). The first-order valence-corrected chi connectivity index (χ1v) is 9.64. The SMILES string of the molecule is Cn1c(=O)c2c(nc(NN=Cc3ccc(OCc4ccccc4)cc3)n2C)n(C)c1=O. The van der Waals surface area contributed by atoms with Gasteiger partial charge in [0, 0.05) is 21.1 Å². The number of imidazole rings is 1. The molecule has 0 bridgehead atoms. The van der Waals surface area contributed by atoms with E-state index in [4.69, 9.17) is 4.74 Å². The van der Waals surface area contributed by atoms with Crippen LogP contribution in [0.1, 0.15) is 11.1 Å².